The first-order chi connectivity index (χ1) is 11.4. The second-order valence-corrected chi connectivity index (χ2v) is 5.62. The summed E-state index contributed by atoms with van der Waals surface area (Å²) in [6, 6.07) is 11.7. The van der Waals surface area contributed by atoms with Crippen molar-refractivity contribution >= 4 is 29.0 Å². The number of benzene rings is 2. The third-order valence-electron chi connectivity index (χ3n) is 3.34. The second-order valence-electron chi connectivity index (χ2n) is 5.18. The van der Waals surface area contributed by atoms with Gasteiger partial charge in [0.15, 0.2) is 23.4 Å². The van der Waals surface area contributed by atoms with Gasteiger partial charge in [0.05, 0.1) is 7.11 Å². The van der Waals surface area contributed by atoms with Gasteiger partial charge < -0.3 is 14.8 Å². The van der Waals surface area contributed by atoms with E-state index >= 15 is 0 Å². The molecule has 0 saturated carbocycles. The number of amides is 1. The first-order valence-corrected chi connectivity index (χ1v) is 7.70. The van der Waals surface area contributed by atoms with Crippen LogP contribution in [0.2, 0.25) is 5.02 Å². The number of halogens is 1. The second kappa shape index (κ2) is 7.84. The van der Waals surface area contributed by atoms with E-state index in [1.54, 1.807) is 49.4 Å². The lowest BCUT2D eigenvalue weighted by atomic mass is 10.1. The minimum atomic E-state index is -0.763. The van der Waals surface area contributed by atoms with Crippen LogP contribution >= 0.6 is 11.6 Å². The maximum atomic E-state index is 12.2. The lowest BCUT2D eigenvalue weighted by Crippen LogP contribution is -2.30. The standard InChI is InChI=1S/C18H18ClNO4/c1-11(21)13-7-8-16(17(9-13)23-3)24-12(2)18(22)20-15-6-4-5-14(19)10-15/h4-10,12H,1-3H3,(H,20,22)/t12-/m1/s1. The van der Waals surface area contributed by atoms with E-state index in [0.29, 0.717) is 27.8 Å². The Bertz CT molecular complexity index is 760. The van der Waals surface area contributed by atoms with E-state index in [4.69, 9.17) is 21.1 Å². The Hall–Kier alpha value is -2.53. The number of Topliss-reactive ketones (excluding diaryl/α,β-unsaturated/α-hetero) is 1. The van der Waals surface area contributed by atoms with Crippen molar-refractivity contribution in [3.63, 3.8) is 0 Å². The number of methoxy groups -OCH3 is 1. The highest BCUT2D eigenvalue weighted by Gasteiger charge is 2.18. The van der Waals surface area contributed by atoms with Crippen LogP contribution in [0.25, 0.3) is 0 Å². The molecular weight excluding hydrogens is 330 g/mol. The van der Waals surface area contributed by atoms with Crippen LogP contribution in [0.4, 0.5) is 5.69 Å². The molecule has 0 aliphatic heterocycles. The van der Waals surface area contributed by atoms with Gasteiger partial charge in [-0.3, -0.25) is 9.59 Å². The molecule has 2 aromatic rings. The van der Waals surface area contributed by atoms with Gasteiger partial charge in [0.1, 0.15) is 0 Å². The summed E-state index contributed by atoms with van der Waals surface area (Å²) in [5.74, 6) is 0.378. The van der Waals surface area contributed by atoms with Crippen molar-refractivity contribution in [3.8, 4) is 11.5 Å². The highest BCUT2D eigenvalue weighted by molar-refractivity contribution is 6.30. The topological polar surface area (TPSA) is 64.6 Å². The number of hydrogen-bond donors (Lipinski definition) is 1. The Kier molecular flexibility index (Phi) is 5.82. The van der Waals surface area contributed by atoms with Gasteiger partial charge in [0.25, 0.3) is 5.91 Å². The van der Waals surface area contributed by atoms with Gasteiger partial charge in [-0.2, -0.15) is 0 Å². The fraction of sp³-hybridized carbons (Fsp3) is 0.222. The first kappa shape index (κ1) is 17.8. The fourth-order valence-electron chi connectivity index (χ4n) is 2.04. The summed E-state index contributed by atoms with van der Waals surface area (Å²) in [5.41, 5.74) is 1.09. The molecule has 0 aromatic heterocycles. The van der Waals surface area contributed by atoms with Crippen LogP contribution in [-0.4, -0.2) is 24.9 Å². The number of hydrogen-bond acceptors (Lipinski definition) is 4. The minimum Gasteiger partial charge on any atom is -0.493 e. The zero-order valence-corrected chi connectivity index (χ0v) is 14.4. The summed E-state index contributed by atoms with van der Waals surface area (Å²) < 4.78 is 10.9. The summed E-state index contributed by atoms with van der Waals surface area (Å²) in [6.45, 7) is 3.09. The predicted octanol–water partition coefficient (Wildman–Crippen LogP) is 3.96. The normalized spacial score (nSPS) is 11.5. The number of ketones is 1. The molecule has 126 valence electrons. The molecule has 5 nitrogen and oxygen atoms in total. The third-order valence-corrected chi connectivity index (χ3v) is 3.57. The molecule has 1 N–H and O–H groups in total. The summed E-state index contributed by atoms with van der Waals surface area (Å²) in [4.78, 5) is 23.6. The monoisotopic (exact) mass is 347 g/mol. The average molecular weight is 348 g/mol. The molecule has 2 aromatic carbocycles. The number of carbonyl (C=O) groups is 2. The molecule has 0 aliphatic carbocycles. The van der Waals surface area contributed by atoms with Crippen molar-refractivity contribution in [2.45, 2.75) is 20.0 Å². The Morgan fingerprint density at radius 3 is 2.50 bits per heavy atom. The maximum Gasteiger partial charge on any atom is 0.265 e. The van der Waals surface area contributed by atoms with E-state index in [0.717, 1.165) is 0 Å². The van der Waals surface area contributed by atoms with Crippen molar-refractivity contribution in [2.75, 3.05) is 12.4 Å². The molecule has 0 heterocycles. The van der Waals surface area contributed by atoms with E-state index in [9.17, 15) is 9.59 Å². The molecule has 0 bridgehead atoms. The van der Waals surface area contributed by atoms with Crippen molar-refractivity contribution in [2.24, 2.45) is 0 Å². The molecule has 0 spiro atoms. The van der Waals surface area contributed by atoms with Gasteiger partial charge in [0.2, 0.25) is 0 Å². The molecule has 2 rings (SSSR count). The molecular formula is C18H18ClNO4. The predicted molar refractivity (Wildman–Crippen MR) is 93.2 cm³/mol. The number of nitrogens with one attached hydrogen (secondary N) is 1. The largest absolute Gasteiger partial charge is 0.493 e. The molecule has 0 aliphatic rings. The summed E-state index contributed by atoms with van der Waals surface area (Å²) in [5, 5.41) is 3.26. The molecule has 0 fully saturated rings. The lowest BCUT2D eigenvalue weighted by molar-refractivity contribution is -0.122. The van der Waals surface area contributed by atoms with Gasteiger partial charge >= 0.3 is 0 Å². The quantitative estimate of drug-likeness (QED) is 0.803. The van der Waals surface area contributed by atoms with Crippen molar-refractivity contribution < 1.29 is 19.1 Å². The van der Waals surface area contributed by atoms with Gasteiger partial charge in [-0.25, -0.2) is 0 Å². The number of rotatable bonds is 6. The van der Waals surface area contributed by atoms with Crippen LogP contribution in [-0.2, 0) is 4.79 Å². The van der Waals surface area contributed by atoms with Gasteiger partial charge in [0, 0.05) is 16.3 Å². The van der Waals surface area contributed by atoms with E-state index < -0.39 is 6.10 Å². The molecule has 6 heteroatoms. The first-order valence-electron chi connectivity index (χ1n) is 7.32. The summed E-state index contributed by atoms with van der Waals surface area (Å²) in [6.07, 6.45) is -0.763. The molecule has 1 atom stereocenters. The van der Waals surface area contributed by atoms with Gasteiger partial charge in [-0.05, 0) is 50.2 Å². The van der Waals surface area contributed by atoms with Crippen LogP contribution in [0.5, 0.6) is 11.5 Å². The molecule has 1 amide bonds. The van der Waals surface area contributed by atoms with Crippen LogP contribution in [0.3, 0.4) is 0 Å². The highest BCUT2D eigenvalue weighted by Crippen LogP contribution is 2.29. The van der Waals surface area contributed by atoms with Crippen LogP contribution < -0.4 is 14.8 Å². The maximum absolute atomic E-state index is 12.2. The number of carbonyl (C=O) groups excluding carboxylic acids is 2. The van der Waals surface area contributed by atoms with Crippen LogP contribution in [0.1, 0.15) is 24.2 Å². The molecule has 0 saturated heterocycles. The highest BCUT2D eigenvalue weighted by atomic mass is 35.5. The Morgan fingerprint density at radius 2 is 1.88 bits per heavy atom. The molecule has 24 heavy (non-hydrogen) atoms. The van der Waals surface area contributed by atoms with Gasteiger partial charge in [-0.1, -0.05) is 17.7 Å². The van der Waals surface area contributed by atoms with Crippen molar-refractivity contribution in [1.29, 1.82) is 0 Å². The SMILES string of the molecule is COc1cc(C(C)=O)ccc1O[C@H](C)C(=O)Nc1cccc(Cl)c1. The van der Waals surface area contributed by atoms with Crippen molar-refractivity contribution in [1.82, 2.24) is 0 Å². The average Bonchev–Trinajstić information content (AvgIpc) is 2.54. The number of anilines is 1. The Morgan fingerprint density at radius 1 is 1.12 bits per heavy atom. The van der Waals surface area contributed by atoms with E-state index in [1.807, 2.05) is 0 Å². The van der Waals surface area contributed by atoms with Gasteiger partial charge in [-0.15, -0.1) is 0 Å². The molecule has 0 radical (unpaired) electrons. The Labute approximate surface area is 145 Å². The van der Waals surface area contributed by atoms with Crippen LogP contribution in [0.15, 0.2) is 42.5 Å². The van der Waals surface area contributed by atoms with E-state index in [2.05, 4.69) is 5.32 Å². The summed E-state index contributed by atoms with van der Waals surface area (Å²) >= 11 is 5.89. The van der Waals surface area contributed by atoms with Crippen LogP contribution in [0, 0.1) is 0 Å². The smallest absolute Gasteiger partial charge is 0.265 e. The third kappa shape index (κ3) is 4.49. The zero-order valence-electron chi connectivity index (χ0n) is 13.6. The summed E-state index contributed by atoms with van der Waals surface area (Å²) in [7, 11) is 1.48. The van der Waals surface area contributed by atoms with Crippen molar-refractivity contribution in [3.05, 3.63) is 53.1 Å². The van der Waals surface area contributed by atoms with E-state index in [1.165, 1.54) is 14.0 Å². The number of ether oxygens (including phenoxy) is 2. The molecule has 0 unspecified atom stereocenters. The zero-order chi connectivity index (χ0) is 17.7. The van der Waals surface area contributed by atoms with E-state index in [-0.39, 0.29) is 11.7 Å². The lowest BCUT2D eigenvalue weighted by Gasteiger charge is -2.17. The Balaban J connectivity index is 2.09. The minimum absolute atomic E-state index is 0.0772. The fourth-order valence-corrected chi connectivity index (χ4v) is 2.23.